The van der Waals surface area contributed by atoms with Gasteiger partial charge in [0, 0.05) is 6.42 Å². The molecule has 0 aliphatic carbocycles. The second-order valence-corrected chi connectivity index (χ2v) is 4.05. The molecule has 0 atom stereocenters. The standard InChI is InChI=1S/C11H9ClFN3O2/c12-9-5-8(2-3-10(9)13)16-6-7(14-15-16)1-4-11(17)18/h2-3,5-6H,1,4H2,(H,17,18). The maximum atomic E-state index is 13.0. The van der Waals surface area contributed by atoms with Gasteiger partial charge in [0.2, 0.25) is 0 Å². The Morgan fingerprint density at radius 1 is 1.50 bits per heavy atom. The van der Waals surface area contributed by atoms with Gasteiger partial charge in [-0.1, -0.05) is 16.8 Å². The van der Waals surface area contributed by atoms with Crippen molar-refractivity contribution >= 4 is 17.6 Å². The van der Waals surface area contributed by atoms with Crippen molar-refractivity contribution in [1.82, 2.24) is 15.0 Å². The van der Waals surface area contributed by atoms with Crippen LogP contribution in [0.3, 0.4) is 0 Å². The minimum Gasteiger partial charge on any atom is -0.481 e. The molecule has 0 bridgehead atoms. The number of carbonyl (C=O) groups is 1. The molecule has 0 saturated carbocycles. The molecule has 0 unspecified atom stereocenters. The summed E-state index contributed by atoms with van der Waals surface area (Å²) in [4.78, 5) is 10.4. The molecule has 2 rings (SSSR count). The molecule has 1 aromatic carbocycles. The first-order chi connectivity index (χ1) is 8.56. The lowest BCUT2D eigenvalue weighted by molar-refractivity contribution is -0.136. The summed E-state index contributed by atoms with van der Waals surface area (Å²) < 4.78 is 14.4. The third-order valence-electron chi connectivity index (χ3n) is 2.30. The molecule has 7 heteroatoms. The second-order valence-electron chi connectivity index (χ2n) is 3.65. The van der Waals surface area contributed by atoms with Crippen LogP contribution in [0.5, 0.6) is 0 Å². The lowest BCUT2D eigenvalue weighted by atomic mass is 10.2. The predicted molar refractivity (Wildman–Crippen MR) is 62.3 cm³/mol. The van der Waals surface area contributed by atoms with Crippen LogP contribution in [0.25, 0.3) is 5.69 Å². The molecule has 5 nitrogen and oxygen atoms in total. The van der Waals surface area contributed by atoms with Crippen molar-refractivity contribution < 1.29 is 14.3 Å². The van der Waals surface area contributed by atoms with E-state index in [0.717, 1.165) is 0 Å². The quantitative estimate of drug-likeness (QED) is 0.923. The number of halogens is 2. The smallest absolute Gasteiger partial charge is 0.303 e. The highest BCUT2D eigenvalue weighted by Gasteiger charge is 2.07. The number of aromatic nitrogens is 3. The third kappa shape index (κ3) is 2.84. The number of hydrogen-bond donors (Lipinski definition) is 1. The van der Waals surface area contributed by atoms with Gasteiger partial charge in [-0.2, -0.15) is 0 Å². The highest BCUT2D eigenvalue weighted by molar-refractivity contribution is 6.30. The summed E-state index contributed by atoms with van der Waals surface area (Å²) in [6.45, 7) is 0. The summed E-state index contributed by atoms with van der Waals surface area (Å²) in [5.74, 6) is -1.40. The number of carboxylic acid groups (broad SMARTS) is 1. The molecule has 1 heterocycles. The van der Waals surface area contributed by atoms with E-state index >= 15 is 0 Å². The highest BCUT2D eigenvalue weighted by Crippen LogP contribution is 2.18. The van der Waals surface area contributed by atoms with E-state index in [2.05, 4.69) is 10.3 Å². The fourth-order valence-corrected chi connectivity index (χ4v) is 1.58. The summed E-state index contributed by atoms with van der Waals surface area (Å²) in [5, 5.41) is 16.2. The monoisotopic (exact) mass is 269 g/mol. The van der Waals surface area contributed by atoms with Crippen molar-refractivity contribution in [3.8, 4) is 5.69 Å². The summed E-state index contributed by atoms with van der Waals surface area (Å²) in [7, 11) is 0. The minimum atomic E-state index is -0.894. The molecule has 2 aromatic rings. The Morgan fingerprint density at radius 2 is 2.28 bits per heavy atom. The number of aliphatic carboxylic acids is 1. The zero-order chi connectivity index (χ0) is 13.1. The van der Waals surface area contributed by atoms with Gasteiger partial charge >= 0.3 is 5.97 Å². The number of hydrogen-bond acceptors (Lipinski definition) is 3. The highest BCUT2D eigenvalue weighted by atomic mass is 35.5. The van der Waals surface area contributed by atoms with Crippen molar-refractivity contribution in [2.24, 2.45) is 0 Å². The van der Waals surface area contributed by atoms with Gasteiger partial charge < -0.3 is 5.11 Å². The first-order valence-electron chi connectivity index (χ1n) is 5.14. The summed E-state index contributed by atoms with van der Waals surface area (Å²) in [6, 6.07) is 4.17. The molecule has 0 amide bonds. The van der Waals surface area contributed by atoms with Crippen LogP contribution < -0.4 is 0 Å². The van der Waals surface area contributed by atoms with Gasteiger partial charge in [-0.25, -0.2) is 9.07 Å². The van der Waals surface area contributed by atoms with Crippen LogP contribution in [0.15, 0.2) is 24.4 Å². The Hall–Kier alpha value is -1.95. The molecule has 94 valence electrons. The summed E-state index contributed by atoms with van der Waals surface area (Å²) in [6.07, 6.45) is 1.87. The van der Waals surface area contributed by atoms with Crippen LogP contribution in [0.4, 0.5) is 4.39 Å². The molecule has 0 spiro atoms. The lowest BCUT2D eigenvalue weighted by Gasteiger charge is -2.00. The van der Waals surface area contributed by atoms with Crippen molar-refractivity contribution in [1.29, 1.82) is 0 Å². The van der Waals surface area contributed by atoms with E-state index in [9.17, 15) is 9.18 Å². The Morgan fingerprint density at radius 3 is 2.94 bits per heavy atom. The van der Waals surface area contributed by atoms with Crippen LogP contribution in [0, 0.1) is 5.82 Å². The van der Waals surface area contributed by atoms with E-state index in [0.29, 0.717) is 17.8 Å². The number of carboxylic acids is 1. The zero-order valence-corrected chi connectivity index (χ0v) is 9.93. The SMILES string of the molecule is O=C(O)CCc1cn(-c2ccc(F)c(Cl)c2)nn1. The Labute approximate surface area is 107 Å². The molecule has 0 fully saturated rings. The lowest BCUT2D eigenvalue weighted by Crippen LogP contribution is -1.97. The zero-order valence-electron chi connectivity index (χ0n) is 9.18. The van der Waals surface area contributed by atoms with Crippen molar-refractivity contribution in [3.63, 3.8) is 0 Å². The number of nitrogens with zero attached hydrogens (tertiary/aromatic N) is 3. The average Bonchev–Trinajstić information content (AvgIpc) is 2.79. The first kappa shape index (κ1) is 12.5. The molecular weight excluding hydrogens is 261 g/mol. The van der Waals surface area contributed by atoms with Crippen molar-refractivity contribution in [2.45, 2.75) is 12.8 Å². The molecule has 18 heavy (non-hydrogen) atoms. The maximum Gasteiger partial charge on any atom is 0.303 e. The van der Waals surface area contributed by atoms with Crippen LogP contribution in [0.1, 0.15) is 12.1 Å². The van der Waals surface area contributed by atoms with Gasteiger partial charge in [-0.05, 0) is 18.2 Å². The predicted octanol–water partition coefficient (Wildman–Crippen LogP) is 2.08. The van der Waals surface area contributed by atoms with Gasteiger partial charge in [0.15, 0.2) is 0 Å². The fraction of sp³-hybridized carbons (Fsp3) is 0.182. The Kier molecular flexibility index (Phi) is 3.57. The topological polar surface area (TPSA) is 68.0 Å². The molecule has 0 aliphatic rings. The van der Waals surface area contributed by atoms with Gasteiger partial charge in [0.25, 0.3) is 0 Å². The largest absolute Gasteiger partial charge is 0.481 e. The van der Waals surface area contributed by atoms with E-state index in [1.165, 1.54) is 22.9 Å². The van der Waals surface area contributed by atoms with Gasteiger partial charge in [-0.15, -0.1) is 5.10 Å². The van der Waals surface area contributed by atoms with Crippen LogP contribution in [-0.2, 0) is 11.2 Å². The fourth-order valence-electron chi connectivity index (χ4n) is 1.40. The van der Waals surface area contributed by atoms with E-state index in [4.69, 9.17) is 16.7 Å². The Balaban J connectivity index is 2.18. The number of aryl methyl sites for hydroxylation is 1. The summed E-state index contributed by atoms with van der Waals surface area (Å²) >= 11 is 5.66. The number of rotatable bonds is 4. The minimum absolute atomic E-state index is 0.00455. The molecule has 0 saturated heterocycles. The molecule has 0 aliphatic heterocycles. The Bertz CT molecular complexity index is 585. The van der Waals surface area contributed by atoms with Crippen molar-refractivity contribution in [2.75, 3.05) is 0 Å². The molecular formula is C11H9ClFN3O2. The van der Waals surface area contributed by atoms with Gasteiger partial charge in [-0.3, -0.25) is 4.79 Å². The number of benzene rings is 1. The van der Waals surface area contributed by atoms with E-state index < -0.39 is 11.8 Å². The molecule has 0 radical (unpaired) electrons. The van der Waals surface area contributed by atoms with E-state index in [1.54, 1.807) is 6.20 Å². The van der Waals surface area contributed by atoms with E-state index in [-0.39, 0.29) is 11.4 Å². The molecule has 1 N–H and O–H groups in total. The van der Waals surface area contributed by atoms with Crippen molar-refractivity contribution in [3.05, 3.63) is 40.9 Å². The first-order valence-corrected chi connectivity index (χ1v) is 5.52. The van der Waals surface area contributed by atoms with Crippen LogP contribution >= 0.6 is 11.6 Å². The van der Waals surface area contributed by atoms with Gasteiger partial charge in [0.05, 0.1) is 29.0 Å². The average molecular weight is 270 g/mol. The summed E-state index contributed by atoms with van der Waals surface area (Å²) in [5.41, 5.74) is 1.12. The third-order valence-corrected chi connectivity index (χ3v) is 2.59. The molecule has 1 aromatic heterocycles. The second kappa shape index (κ2) is 5.14. The van der Waals surface area contributed by atoms with Crippen LogP contribution in [-0.4, -0.2) is 26.1 Å². The van der Waals surface area contributed by atoms with Crippen LogP contribution in [0.2, 0.25) is 5.02 Å². The normalized spacial score (nSPS) is 10.6. The maximum absolute atomic E-state index is 13.0. The van der Waals surface area contributed by atoms with Gasteiger partial charge in [0.1, 0.15) is 5.82 Å². The van der Waals surface area contributed by atoms with E-state index in [1.807, 2.05) is 0 Å².